The summed E-state index contributed by atoms with van der Waals surface area (Å²) in [6.45, 7) is 3.32. The molecule has 3 heteroatoms. The Kier molecular flexibility index (Phi) is 3.58. The Morgan fingerprint density at radius 1 is 1.00 bits per heavy atom. The second-order valence-corrected chi connectivity index (χ2v) is 9.78. The van der Waals surface area contributed by atoms with Gasteiger partial charge in [0.1, 0.15) is 5.78 Å². The average Bonchev–Trinajstić information content (AvgIpc) is 3.38. The third kappa shape index (κ3) is 2.34. The number of hydrogen-bond acceptors (Lipinski definition) is 3. The summed E-state index contributed by atoms with van der Waals surface area (Å²) in [7, 11) is 0. The van der Waals surface area contributed by atoms with Crippen molar-refractivity contribution in [3.05, 3.63) is 11.6 Å². The molecule has 25 heavy (non-hydrogen) atoms. The molecule has 5 atom stereocenters. The minimum atomic E-state index is -0.0437. The van der Waals surface area contributed by atoms with Gasteiger partial charge < -0.3 is 5.32 Å². The van der Waals surface area contributed by atoms with Crippen LogP contribution in [-0.4, -0.2) is 24.2 Å². The third-order valence-corrected chi connectivity index (χ3v) is 8.68. The molecule has 3 nitrogen and oxygen atoms in total. The van der Waals surface area contributed by atoms with E-state index in [4.69, 9.17) is 0 Å². The van der Waals surface area contributed by atoms with Crippen LogP contribution < -0.4 is 5.32 Å². The maximum atomic E-state index is 12.6. The van der Waals surface area contributed by atoms with Crippen LogP contribution in [0.3, 0.4) is 0 Å². The SMILES string of the molecule is C[C@]12CC[C@@H]3[C@@H](CCC4=CC(=O)CC[C@@]43CNC3CC3)[C@@H]1CCC2=O. The Morgan fingerprint density at radius 2 is 1.84 bits per heavy atom. The summed E-state index contributed by atoms with van der Waals surface area (Å²) in [5.74, 6) is 2.83. The fourth-order valence-electron chi connectivity index (χ4n) is 7.08. The van der Waals surface area contributed by atoms with Gasteiger partial charge in [-0.3, -0.25) is 9.59 Å². The predicted molar refractivity (Wildman–Crippen MR) is 97.1 cm³/mol. The molecule has 5 aliphatic rings. The van der Waals surface area contributed by atoms with E-state index in [0.29, 0.717) is 29.3 Å². The van der Waals surface area contributed by atoms with Gasteiger partial charge in [-0.1, -0.05) is 12.5 Å². The summed E-state index contributed by atoms with van der Waals surface area (Å²) < 4.78 is 0. The monoisotopic (exact) mass is 341 g/mol. The summed E-state index contributed by atoms with van der Waals surface area (Å²) in [5, 5.41) is 3.82. The van der Waals surface area contributed by atoms with Gasteiger partial charge in [0, 0.05) is 36.3 Å². The molecule has 0 aliphatic heterocycles. The Labute approximate surface area is 151 Å². The van der Waals surface area contributed by atoms with E-state index in [9.17, 15) is 9.59 Å². The van der Waals surface area contributed by atoms with E-state index in [2.05, 4.69) is 12.2 Å². The fourth-order valence-corrected chi connectivity index (χ4v) is 7.08. The molecular weight excluding hydrogens is 310 g/mol. The Balaban J connectivity index is 1.50. The topological polar surface area (TPSA) is 46.2 Å². The van der Waals surface area contributed by atoms with Crippen LogP contribution in [0.4, 0.5) is 0 Å². The molecule has 136 valence electrons. The van der Waals surface area contributed by atoms with Crippen molar-refractivity contribution in [2.24, 2.45) is 28.6 Å². The van der Waals surface area contributed by atoms with E-state index < -0.39 is 0 Å². The number of hydrogen-bond donors (Lipinski definition) is 1. The lowest BCUT2D eigenvalue weighted by Gasteiger charge is -2.58. The zero-order chi connectivity index (χ0) is 17.2. The van der Waals surface area contributed by atoms with Crippen LogP contribution >= 0.6 is 0 Å². The molecule has 0 spiro atoms. The van der Waals surface area contributed by atoms with Crippen LogP contribution in [0, 0.1) is 28.6 Å². The van der Waals surface area contributed by atoms with Crippen LogP contribution in [0.1, 0.15) is 71.1 Å². The highest BCUT2D eigenvalue weighted by atomic mass is 16.1. The van der Waals surface area contributed by atoms with Crippen molar-refractivity contribution >= 4 is 11.6 Å². The van der Waals surface area contributed by atoms with E-state index >= 15 is 0 Å². The van der Waals surface area contributed by atoms with Crippen molar-refractivity contribution in [1.82, 2.24) is 5.32 Å². The van der Waals surface area contributed by atoms with Crippen molar-refractivity contribution in [3.8, 4) is 0 Å². The van der Waals surface area contributed by atoms with Gasteiger partial charge in [-0.25, -0.2) is 0 Å². The Hall–Kier alpha value is -0.960. The smallest absolute Gasteiger partial charge is 0.155 e. The van der Waals surface area contributed by atoms with E-state index in [1.165, 1.54) is 31.3 Å². The molecule has 1 N–H and O–H groups in total. The van der Waals surface area contributed by atoms with Crippen LogP contribution in [0.5, 0.6) is 0 Å². The molecule has 0 radical (unpaired) electrons. The van der Waals surface area contributed by atoms with Crippen molar-refractivity contribution in [3.63, 3.8) is 0 Å². The summed E-state index contributed by atoms with van der Waals surface area (Å²) in [6, 6.07) is 0.718. The van der Waals surface area contributed by atoms with Crippen LogP contribution in [0.15, 0.2) is 11.6 Å². The highest BCUT2D eigenvalue weighted by Gasteiger charge is 2.60. The molecule has 5 aliphatic carbocycles. The van der Waals surface area contributed by atoms with E-state index in [1.807, 2.05) is 6.08 Å². The molecule has 0 saturated heterocycles. The number of Topliss-reactive ketones (excluding diaryl/α,β-unsaturated/α-hetero) is 1. The average molecular weight is 341 g/mol. The minimum Gasteiger partial charge on any atom is -0.313 e. The molecule has 4 fully saturated rings. The first-order chi connectivity index (χ1) is 12.0. The minimum absolute atomic E-state index is 0.0437. The van der Waals surface area contributed by atoms with Crippen LogP contribution in [-0.2, 0) is 9.59 Å². The number of nitrogens with one attached hydrogen (secondary N) is 1. The normalized spacial score (nSPS) is 46.3. The molecule has 0 aromatic heterocycles. The maximum Gasteiger partial charge on any atom is 0.155 e. The van der Waals surface area contributed by atoms with Gasteiger partial charge in [-0.15, -0.1) is 0 Å². The second-order valence-electron chi connectivity index (χ2n) is 9.78. The molecule has 0 aromatic carbocycles. The van der Waals surface area contributed by atoms with Gasteiger partial charge in [0.05, 0.1) is 0 Å². The lowest BCUT2D eigenvalue weighted by molar-refractivity contribution is -0.132. The third-order valence-electron chi connectivity index (χ3n) is 8.68. The van der Waals surface area contributed by atoms with Gasteiger partial charge >= 0.3 is 0 Å². The van der Waals surface area contributed by atoms with Gasteiger partial charge in [-0.05, 0) is 75.2 Å². The molecule has 4 saturated carbocycles. The van der Waals surface area contributed by atoms with E-state index in [0.717, 1.165) is 51.1 Å². The number of rotatable bonds is 3. The van der Waals surface area contributed by atoms with Crippen LogP contribution in [0.2, 0.25) is 0 Å². The zero-order valence-corrected chi connectivity index (χ0v) is 15.5. The van der Waals surface area contributed by atoms with Crippen molar-refractivity contribution in [2.75, 3.05) is 6.54 Å². The van der Waals surface area contributed by atoms with E-state index in [-0.39, 0.29) is 10.8 Å². The predicted octanol–water partition coefficient (Wildman–Crippen LogP) is 3.82. The van der Waals surface area contributed by atoms with Gasteiger partial charge in [0.15, 0.2) is 5.78 Å². The van der Waals surface area contributed by atoms with E-state index in [1.54, 1.807) is 0 Å². The zero-order valence-electron chi connectivity index (χ0n) is 15.5. The highest BCUT2D eigenvalue weighted by Crippen LogP contribution is 2.64. The summed E-state index contributed by atoms with van der Waals surface area (Å²) in [5.41, 5.74) is 1.61. The summed E-state index contributed by atoms with van der Waals surface area (Å²) in [4.78, 5) is 24.7. The molecular formula is C22H31NO2. The number of carbonyl (C=O) groups excluding carboxylic acids is 2. The van der Waals surface area contributed by atoms with Crippen LogP contribution in [0.25, 0.3) is 0 Å². The Morgan fingerprint density at radius 3 is 2.64 bits per heavy atom. The Bertz CT molecular complexity index is 648. The maximum absolute atomic E-state index is 12.6. The van der Waals surface area contributed by atoms with Crippen molar-refractivity contribution < 1.29 is 9.59 Å². The lowest BCUT2D eigenvalue weighted by atomic mass is 9.47. The molecule has 5 rings (SSSR count). The molecule has 0 amide bonds. The summed E-state index contributed by atoms with van der Waals surface area (Å²) >= 11 is 0. The first kappa shape index (κ1) is 16.2. The standard InChI is InChI=1S/C22H31NO2/c1-21-10-9-19-17(18(21)6-7-20(21)25)5-2-14-12-16(24)8-11-22(14,19)13-23-15-3-4-15/h12,15,17-19,23H,2-11,13H2,1H3/t17-,18-,19+,21-,22+/m0/s1. The summed E-state index contributed by atoms with van der Waals surface area (Å²) in [6.07, 6.45) is 12.9. The second kappa shape index (κ2) is 5.52. The van der Waals surface area contributed by atoms with Gasteiger partial charge in [-0.2, -0.15) is 0 Å². The largest absolute Gasteiger partial charge is 0.313 e. The number of carbonyl (C=O) groups is 2. The number of fused-ring (bicyclic) bond motifs is 5. The highest BCUT2D eigenvalue weighted by molar-refractivity contribution is 5.91. The van der Waals surface area contributed by atoms with Crippen molar-refractivity contribution in [2.45, 2.75) is 77.2 Å². The van der Waals surface area contributed by atoms with Gasteiger partial charge in [0.2, 0.25) is 0 Å². The molecule has 0 aromatic rings. The first-order valence-corrected chi connectivity index (χ1v) is 10.5. The molecule has 0 bridgehead atoms. The van der Waals surface area contributed by atoms with Gasteiger partial charge in [0.25, 0.3) is 0 Å². The first-order valence-electron chi connectivity index (χ1n) is 10.5. The lowest BCUT2D eigenvalue weighted by Crippen LogP contribution is -2.55. The fraction of sp³-hybridized carbons (Fsp3) is 0.818. The van der Waals surface area contributed by atoms with Crippen molar-refractivity contribution in [1.29, 1.82) is 0 Å². The molecule has 0 unspecified atom stereocenters. The quantitative estimate of drug-likeness (QED) is 0.849. The molecule has 0 heterocycles. The number of ketones is 2.